The highest BCUT2D eigenvalue weighted by atomic mass is 16.5. The minimum Gasteiger partial charge on any atom is -0.367 e. The SMILES string of the molecule is Cc1cnc([C@@H]2CN(C(=O)c3c[nH]c(=O)[nH]c3=O)CCO2)[nH]1. The Labute approximate surface area is 124 Å². The van der Waals surface area contributed by atoms with Crippen molar-refractivity contribution in [3.8, 4) is 0 Å². The van der Waals surface area contributed by atoms with Crippen LogP contribution < -0.4 is 11.2 Å². The highest BCUT2D eigenvalue weighted by molar-refractivity contribution is 5.93. The maximum Gasteiger partial charge on any atom is 0.325 e. The lowest BCUT2D eigenvalue weighted by Gasteiger charge is -2.31. The third-order valence-corrected chi connectivity index (χ3v) is 3.43. The number of nitrogens with one attached hydrogen (secondary N) is 3. The van der Waals surface area contributed by atoms with Crippen molar-refractivity contribution in [2.45, 2.75) is 13.0 Å². The Hall–Kier alpha value is -2.68. The number of aromatic nitrogens is 4. The van der Waals surface area contributed by atoms with E-state index in [9.17, 15) is 14.4 Å². The molecule has 3 rings (SSSR count). The molecule has 0 unspecified atom stereocenters. The van der Waals surface area contributed by atoms with Crippen LogP contribution in [0.2, 0.25) is 0 Å². The average Bonchev–Trinajstić information content (AvgIpc) is 2.93. The van der Waals surface area contributed by atoms with Crippen molar-refractivity contribution in [3.63, 3.8) is 0 Å². The van der Waals surface area contributed by atoms with Gasteiger partial charge in [0.05, 0.1) is 13.2 Å². The Kier molecular flexibility index (Phi) is 3.63. The highest BCUT2D eigenvalue weighted by Gasteiger charge is 2.28. The second kappa shape index (κ2) is 5.60. The number of ether oxygens (including phenoxy) is 1. The first-order valence-corrected chi connectivity index (χ1v) is 6.79. The Bertz CT molecular complexity index is 805. The lowest BCUT2D eigenvalue weighted by molar-refractivity contribution is -0.0265. The molecule has 0 saturated carbocycles. The summed E-state index contributed by atoms with van der Waals surface area (Å²) >= 11 is 0. The van der Waals surface area contributed by atoms with E-state index in [0.717, 1.165) is 11.9 Å². The van der Waals surface area contributed by atoms with Crippen molar-refractivity contribution in [2.24, 2.45) is 0 Å². The number of carbonyl (C=O) groups is 1. The predicted octanol–water partition coefficient (Wildman–Crippen LogP) is -0.692. The summed E-state index contributed by atoms with van der Waals surface area (Å²) < 4.78 is 5.61. The summed E-state index contributed by atoms with van der Waals surface area (Å²) in [7, 11) is 0. The molecule has 2 aromatic rings. The van der Waals surface area contributed by atoms with Gasteiger partial charge in [0, 0.05) is 24.6 Å². The number of aromatic amines is 3. The zero-order valence-electron chi connectivity index (χ0n) is 11.9. The van der Waals surface area contributed by atoms with Crippen molar-refractivity contribution in [1.29, 1.82) is 0 Å². The smallest absolute Gasteiger partial charge is 0.325 e. The second-order valence-electron chi connectivity index (χ2n) is 5.05. The van der Waals surface area contributed by atoms with Crippen molar-refractivity contribution < 1.29 is 9.53 Å². The van der Waals surface area contributed by atoms with Crippen molar-refractivity contribution >= 4 is 5.91 Å². The predicted molar refractivity (Wildman–Crippen MR) is 75.6 cm³/mol. The van der Waals surface area contributed by atoms with Gasteiger partial charge in [-0.2, -0.15) is 0 Å². The van der Waals surface area contributed by atoms with E-state index >= 15 is 0 Å². The molecule has 3 N–H and O–H groups in total. The largest absolute Gasteiger partial charge is 0.367 e. The van der Waals surface area contributed by atoms with Gasteiger partial charge < -0.3 is 19.6 Å². The van der Waals surface area contributed by atoms with E-state index in [1.807, 2.05) is 11.9 Å². The van der Waals surface area contributed by atoms with Gasteiger partial charge in [0.15, 0.2) is 0 Å². The first-order valence-electron chi connectivity index (χ1n) is 6.79. The molecule has 9 heteroatoms. The van der Waals surface area contributed by atoms with Gasteiger partial charge in [-0.3, -0.25) is 14.6 Å². The van der Waals surface area contributed by atoms with E-state index in [4.69, 9.17) is 4.74 Å². The lowest BCUT2D eigenvalue weighted by Crippen LogP contribution is -2.44. The van der Waals surface area contributed by atoms with Gasteiger partial charge >= 0.3 is 5.69 Å². The molecule has 0 bridgehead atoms. The molecule has 1 fully saturated rings. The number of morpholine rings is 1. The van der Waals surface area contributed by atoms with Crippen LogP contribution in [0.25, 0.3) is 0 Å². The fraction of sp³-hybridized carbons (Fsp3) is 0.385. The highest BCUT2D eigenvalue weighted by Crippen LogP contribution is 2.20. The summed E-state index contributed by atoms with van der Waals surface area (Å²) in [5.41, 5.74) is -0.548. The van der Waals surface area contributed by atoms with Gasteiger partial charge in [-0.15, -0.1) is 0 Å². The van der Waals surface area contributed by atoms with Crippen LogP contribution in [0, 0.1) is 6.92 Å². The topological polar surface area (TPSA) is 124 Å². The molecular formula is C13H15N5O4. The van der Waals surface area contributed by atoms with Crippen molar-refractivity contribution in [3.05, 3.63) is 50.3 Å². The first-order chi connectivity index (χ1) is 10.5. The molecule has 9 nitrogen and oxygen atoms in total. The number of rotatable bonds is 2. The van der Waals surface area contributed by atoms with Crippen LogP contribution in [0.15, 0.2) is 22.0 Å². The minimum absolute atomic E-state index is 0.101. The van der Waals surface area contributed by atoms with Crippen LogP contribution in [0.5, 0.6) is 0 Å². The van der Waals surface area contributed by atoms with Gasteiger partial charge in [-0.05, 0) is 6.92 Å². The number of nitrogens with zero attached hydrogens (tertiary/aromatic N) is 2. The summed E-state index contributed by atoms with van der Waals surface area (Å²) in [5.74, 6) is 0.194. The minimum atomic E-state index is -0.703. The van der Waals surface area contributed by atoms with Crippen LogP contribution >= 0.6 is 0 Å². The molecule has 22 heavy (non-hydrogen) atoms. The lowest BCUT2D eigenvalue weighted by atomic mass is 10.2. The maximum atomic E-state index is 12.4. The van der Waals surface area contributed by atoms with Gasteiger partial charge in [-0.1, -0.05) is 0 Å². The molecule has 0 aromatic carbocycles. The molecule has 1 saturated heterocycles. The Morgan fingerprint density at radius 1 is 1.41 bits per heavy atom. The number of hydrogen-bond acceptors (Lipinski definition) is 5. The number of imidazole rings is 1. The van der Waals surface area contributed by atoms with E-state index in [1.54, 1.807) is 6.20 Å². The average molecular weight is 305 g/mol. The third-order valence-electron chi connectivity index (χ3n) is 3.43. The molecule has 2 aromatic heterocycles. The molecule has 1 amide bonds. The van der Waals surface area contributed by atoms with Crippen molar-refractivity contribution in [1.82, 2.24) is 24.8 Å². The fourth-order valence-corrected chi connectivity index (χ4v) is 2.33. The monoisotopic (exact) mass is 305 g/mol. The number of aryl methyl sites for hydroxylation is 1. The van der Waals surface area contributed by atoms with Crippen LogP contribution in [-0.4, -0.2) is 50.4 Å². The number of hydrogen-bond donors (Lipinski definition) is 3. The maximum absolute atomic E-state index is 12.4. The van der Waals surface area contributed by atoms with E-state index in [1.165, 1.54) is 4.90 Å². The van der Waals surface area contributed by atoms with Gasteiger partial charge in [0.25, 0.3) is 11.5 Å². The second-order valence-corrected chi connectivity index (χ2v) is 5.05. The van der Waals surface area contributed by atoms with E-state index in [0.29, 0.717) is 19.0 Å². The van der Waals surface area contributed by atoms with Gasteiger partial charge in [-0.25, -0.2) is 9.78 Å². The third kappa shape index (κ3) is 2.70. The summed E-state index contributed by atoms with van der Waals surface area (Å²) in [6, 6.07) is 0. The van der Waals surface area contributed by atoms with Crippen LogP contribution in [0.1, 0.15) is 28.0 Å². The summed E-state index contributed by atoms with van der Waals surface area (Å²) in [6.07, 6.45) is 2.45. The van der Waals surface area contributed by atoms with Crippen LogP contribution in [0.3, 0.4) is 0 Å². The van der Waals surface area contributed by atoms with Gasteiger partial charge in [0.2, 0.25) is 0 Å². The van der Waals surface area contributed by atoms with Gasteiger partial charge in [0.1, 0.15) is 17.5 Å². The first kappa shape index (κ1) is 14.3. The Morgan fingerprint density at radius 3 is 2.91 bits per heavy atom. The van der Waals surface area contributed by atoms with E-state index in [-0.39, 0.29) is 18.2 Å². The molecule has 1 aliphatic heterocycles. The number of amides is 1. The number of H-pyrrole nitrogens is 3. The van der Waals surface area contributed by atoms with E-state index < -0.39 is 17.2 Å². The van der Waals surface area contributed by atoms with Crippen LogP contribution in [-0.2, 0) is 4.74 Å². The zero-order valence-corrected chi connectivity index (χ0v) is 11.9. The molecule has 1 aliphatic rings. The number of carbonyl (C=O) groups excluding carboxylic acids is 1. The quantitative estimate of drug-likeness (QED) is 0.677. The summed E-state index contributed by atoms with van der Waals surface area (Å²) in [4.78, 5) is 48.3. The summed E-state index contributed by atoms with van der Waals surface area (Å²) in [6.45, 7) is 2.87. The summed E-state index contributed by atoms with van der Waals surface area (Å²) in [5, 5.41) is 0. The molecule has 116 valence electrons. The Morgan fingerprint density at radius 2 is 2.23 bits per heavy atom. The normalized spacial score (nSPS) is 18.4. The standard InChI is InChI=1S/C13H15N5O4/c1-7-4-14-10(16-7)9-6-18(2-3-22-9)12(20)8-5-15-13(21)17-11(8)19/h4-5,9H,2-3,6H2,1H3,(H,14,16)(H2,15,17,19,21)/t9-/m0/s1. The van der Waals surface area contributed by atoms with E-state index in [2.05, 4.69) is 15.0 Å². The Balaban J connectivity index is 1.81. The van der Waals surface area contributed by atoms with Crippen LogP contribution in [0.4, 0.5) is 0 Å². The molecule has 1 atom stereocenters. The molecule has 0 spiro atoms. The molecule has 3 heterocycles. The molecule has 0 aliphatic carbocycles. The molecule has 0 radical (unpaired) electrons. The fourth-order valence-electron chi connectivity index (χ4n) is 2.33. The van der Waals surface area contributed by atoms with Crippen molar-refractivity contribution in [2.75, 3.05) is 19.7 Å². The zero-order chi connectivity index (χ0) is 15.7. The molecular weight excluding hydrogens is 290 g/mol.